The maximum Gasteiger partial charge on any atom is 0.238 e. The number of hydrogen-bond donors (Lipinski definition) is 0. The molecule has 0 atom stereocenters. The molecule has 0 saturated heterocycles. The van der Waals surface area contributed by atoms with Crippen molar-refractivity contribution < 1.29 is 0 Å². The largest absolute Gasteiger partial charge is 0.278 e. The maximum atomic E-state index is 5.38. The summed E-state index contributed by atoms with van der Waals surface area (Å²) in [7, 11) is 0. The Kier molecular flexibility index (Phi) is 7.34. The summed E-state index contributed by atoms with van der Waals surface area (Å²) in [5.41, 5.74) is 8.78. The third-order valence-electron chi connectivity index (χ3n) is 11.8. The number of thiophene rings is 1. The van der Waals surface area contributed by atoms with Crippen LogP contribution in [-0.4, -0.2) is 34.1 Å². The smallest absolute Gasteiger partial charge is 0.238 e. The lowest BCUT2D eigenvalue weighted by Crippen LogP contribution is -2.06. The Bertz CT molecular complexity index is 3890. The SMILES string of the molecule is c1ccc(-c2nc(-c3ccc4c(c3)c3ccccc3n4-c3nc(-c4ccccc4)c4ccccc4n3)nc(-n3c4ccccc4c4ccc5c6ccccc6sc5c43)n2)cc1. The average molecular weight is 798 g/mol. The molecule has 284 valence electrons. The molecular weight excluding hydrogens is 767 g/mol. The van der Waals surface area contributed by atoms with Crippen LogP contribution in [0.25, 0.3) is 121 Å². The van der Waals surface area contributed by atoms with Crippen LogP contribution in [0.2, 0.25) is 0 Å². The van der Waals surface area contributed by atoms with Crippen molar-refractivity contribution in [3.63, 3.8) is 0 Å². The number of fused-ring (bicyclic) bond motifs is 11. The van der Waals surface area contributed by atoms with E-state index in [4.69, 9.17) is 24.9 Å². The van der Waals surface area contributed by atoms with E-state index in [1.807, 2.05) is 47.7 Å². The van der Waals surface area contributed by atoms with Gasteiger partial charge in [-0.2, -0.15) is 9.97 Å². The molecule has 61 heavy (non-hydrogen) atoms. The van der Waals surface area contributed by atoms with Crippen LogP contribution in [0, 0.1) is 0 Å². The van der Waals surface area contributed by atoms with Gasteiger partial charge >= 0.3 is 0 Å². The monoisotopic (exact) mass is 797 g/mol. The van der Waals surface area contributed by atoms with E-state index >= 15 is 0 Å². The predicted molar refractivity (Wildman–Crippen MR) is 251 cm³/mol. The molecule has 0 fully saturated rings. The lowest BCUT2D eigenvalue weighted by molar-refractivity contribution is 0.955. The molecule has 13 aromatic rings. The molecule has 7 nitrogen and oxygen atoms in total. The second-order valence-electron chi connectivity index (χ2n) is 15.3. The van der Waals surface area contributed by atoms with Crippen LogP contribution in [0.4, 0.5) is 0 Å². The van der Waals surface area contributed by atoms with Gasteiger partial charge in [0.25, 0.3) is 0 Å². The van der Waals surface area contributed by atoms with Crippen molar-refractivity contribution in [1.82, 2.24) is 34.1 Å². The van der Waals surface area contributed by atoms with Crippen LogP contribution in [0.15, 0.2) is 188 Å². The molecule has 5 aromatic heterocycles. The molecule has 8 aromatic carbocycles. The van der Waals surface area contributed by atoms with Crippen molar-refractivity contribution in [2.75, 3.05) is 0 Å². The number of hydrogen-bond acceptors (Lipinski definition) is 6. The highest BCUT2D eigenvalue weighted by atomic mass is 32.1. The fraction of sp³-hybridized carbons (Fsp3) is 0. The first-order chi connectivity index (χ1) is 30.2. The van der Waals surface area contributed by atoms with Crippen LogP contribution < -0.4 is 0 Å². The zero-order chi connectivity index (χ0) is 40.0. The third kappa shape index (κ3) is 5.19. The van der Waals surface area contributed by atoms with Crippen molar-refractivity contribution in [3.8, 4) is 45.9 Å². The second-order valence-corrected chi connectivity index (χ2v) is 16.3. The van der Waals surface area contributed by atoms with Gasteiger partial charge in [0, 0.05) is 59.1 Å². The van der Waals surface area contributed by atoms with Crippen LogP contribution in [-0.2, 0) is 0 Å². The van der Waals surface area contributed by atoms with E-state index in [2.05, 4.69) is 161 Å². The summed E-state index contributed by atoms with van der Waals surface area (Å²) >= 11 is 1.81. The highest BCUT2D eigenvalue weighted by molar-refractivity contribution is 7.26. The van der Waals surface area contributed by atoms with Crippen molar-refractivity contribution >= 4 is 86.0 Å². The number of para-hydroxylation sites is 3. The summed E-state index contributed by atoms with van der Waals surface area (Å²) in [5, 5.41) is 7.95. The van der Waals surface area contributed by atoms with E-state index in [1.54, 1.807) is 0 Å². The van der Waals surface area contributed by atoms with Crippen molar-refractivity contribution in [3.05, 3.63) is 188 Å². The van der Waals surface area contributed by atoms with Crippen LogP contribution >= 0.6 is 11.3 Å². The summed E-state index contributed by atoms with van der Waals surface area (Å²) in [6.45, 7) is 0. The van der Waals surface area contributed by atoms with Gasteiger partial charge in [-0.3, -0.25) is 9.13 Å². The van der Waals surface area contributed by atoms with E-state index in [0.717, 1.165) is 71.5 Å². The molecule has 0 spiro atoms. The summed E-state index contributed by atoms with van der Waals surface area (Å²) in [4.78, 5) is 26.3. The first-order valence-electron chi connectivity index (χ1n) is 20.3. The molecule has 5 heterocycles. The van der Waals surface area contributed by atoms with Crippen molar-refractivity contribution in [2.24, 2.45) is 0 Å². The minimum absolute atomic E-state index is 0.570. The van der Waals surface area contributed by atoms with E-state index in [0.29, 0.717) is 23.5 Å². The van der Waals surface area contributed by atoms with Crippen LogP contribution in [0.1, 0.15) is 0 Å². The fourth-order valence-corrected chi connectivity index (χ4v) is 10.3. The zero-order valence-corrected chi connectivity index (χ0v) is 33.3. The Balaban J connectivity index is 1.06. The van der Waals surface area contributed by atoms with Crippen LogP contribution in [0.5, 0.6) is 0 Å². The molecule has 0 amide bonds. The summed E-state index contributed by atoms with van der Waals surface area (Å²) in [6, 6.07) is 65.4. The standard InChI is InChI=1S/C53H31N7S/c1-3-15-32(16-4-1)47-40-22-7-11-23-42(40)54-52(55-47)59-43-24-12-9-20-36(43)41-31-34(27-30-45(41)59)51-56-50(33-17-5-2-6-18-33)57-53(58-51)60-44-25-13-8-19-35(44)38-28-29-39-37-21-10-14-26-46(37)61-49(39)48(38)60/h1-31H. The predicted octanol–water partition coefficient (Wildman–Crippen LogP) is 13.4. The van der Waals surface area contributed by atoms with Gasteiger partial charge in [-0.1, -0.05) is 146 Å². The quantitative estimate of drug-likeness (QED) is 0.173. The number of aromatic nitrogens is 7. The minimum Gasteiger partial charge on any atom is -0.278 e. The molecule has 0 aliphatic heterocycles. The normalized spacial score (nSPS) is 11.9. The van der Waals surface area contributed by atoms with Gasteiger partial charge in [0.1, 0.15) is 0 Å². The second kappa shape index (κ2) is 13.2. The summed E-state index contributed by atoms with van der Waals surface area (Å²) in [6.07, 6.45) is 0. The van der Waals surface area contributed by atoms with Gasteiger partial charge < -0.3 is 0 Å². The minimum atomic E-state index is 0.570. The molecular formula is C53H31N7S. The number of benzene rings is 8. The molecule has 0 bridgehead atoms. The Morgan fingerprint density at radius 1 is 0.344 bits per heavy atom. The Hall–Kier alpha value is -8.07. The van der Waals surface area contributed by atoms with Gasteiger partial charge in [0.15, 0.2) is 11.6 Å². The average Bonchev–Trinajstić information content (AvgIpc) is 3.99. The lowest BCUT2D eigenvalue weighted by Gasteiger charge is -2.12. The van der Waals surface area contributed by atoms with Gasteiger partial charge in [-0.05, 0) is 42.5 Å². The molecule has 0 aliphatic rings. The van der Waals surface area contributed by atoms with E-state index in [9.17, 15) is 0 Å². The van der Waals surface area contributed by atoms with E-state index in [-0.39, 0.29) is 0 Å². The molecule has 0 radical (unpaired) electrons. The van der Waals surface area contributed by atoms with Gasteiger partial charge in [0.2, 0.25) is 11.9 Å². The van der Waals surface area contributed by atoms with Gasteiger partial charge in [-0.25, -0.2) is 15.0 Å². The highest BCUT2D eigenvalue weighted by Crippen LogP contribution is 2.43. The maximum absolute atomic E-state index is 5.38. The van der Waals surface area contributed by atoms with Gasteiger partial charge in [0.05, 0.1) is 38.0 Å². The molecule has 13 rings (SSSR count). The topological polar surface area (TPSA) is 74.3 Å². The van der Waals surface area contributed by atoms with Crippen molar-refractivity contribution in [1.29, 1.82) is 0 Å². The Morgan fingerprint density at radius 2 is 0.918 bits per heavy atom. The first kappa shape index (κ1) is 33.9. The molecule has 0 unspecified atom stereocenters. The first-order valence-corrected chi connectivity index (χ1v) is 21.1. The third-order valence-corrected chi connectivity index (χ3v) is 13.0. The summed E-state index contributed by atoms with van der Waals surface area (Å²) in [5.74, 6) is 2.38. The number of rotatable bonds is 5. The lowest BCUT2D eigenvalue weighted by atomic mass is 10.1. The molecule has 0 N–H and O–H groups in total. The zero-order valence-electron chi connectivity index (χ0n) is 32.4. The fourth-order valence-electron chi connectivity index (χ4n) is 9.06. The molecule has 0 saturated carbocycles. The van der Waals surface area contributed by atoms with Gasteiger partial charge in [-0.15, -0.1) is 11.3 Å². The van der Waals surface area contributed by atoms with E-state index in [1.165, 1.54) is 25.6 Å². The number of nitrogens with zero attached hydrogens (tertiary/aromatic N) is 7. The highest BCUT2D eigenvalue weighted by Gasteiger charge is 2.23. The van der Waals surface area contributed by atoms with Crippen LogP contribution in [0.3, 0.4) is 0 Å². The Morgan fingerprint density at radius 3 is 1.70 bits per heavy atom. The van der Waals surface area contributed by atoms with E-state index < -0.39 is 0 Å². The summed E-state index contributed by atoms with van der Waals surface area (Å²) < 4.78 is 6.88. The molecule has 0 aliphatic carbocycles. The van der Waals surface area contributed by atoms with Crippen molar-refractivity contribution in [2.45, 2.75) is 0 Å². The Labute approximate surface area is 352 Å². The molecule has 8 heteroatoms.